The van der Waals surface area contributed by atoms with Gasteiger partial charge in [-0.1, -0.05) is 0 Å². The fourth-order valence-electron chi connectivity index (χ4n) is 4.47. The molecule has 0 aromatic heterocycles. The van der Waals surface area contributed by atoms with E-state index in [1.165, 1.54) is 25.9 Å². The lowest BCUT2D eigenvalue weighted by Crippen LogP contribution is -2.53. The van der Waals surface area contributed by atoms with Crippen LogP contribution in [0.5, 0.6) is 0 Å². The van der Waals surface area contributed by atoms with Crippen LogP contribution in [0.25, 0.3) is 0 Å². The van der Waals surface area contributed by atoms with E-state index in [-0.39, 0.29) is 49.2 Å². The Kier molecular flexibility index (Phi) is 13.5. The Hall–Kier alpha value is 0.180. The number of rotatable bonds is 4. The molecule has 27 heavy (non-hydrogen) atoms. The first kappa shape index (κ1) is 27.2. The molecule has 6 nitrogen and oxygen atoms in total. The molecule has 1 atom stereocenters. The van der Waals surface area contributed by atoms with Crippen LogP contribution in [0.15, 0.2) is 0 Å². The van der Waals surface area contributed by atoms with Crippen molar-refractivity contribution < 1.29 is 9.53 Å². The third-order valence-corrected chi connectivity index (χ3v) is 6.16. The first-order valence-electron chi connectivity index (χ1n) is 9.66. The quantitative estimate of drug-likeness (QED) is 0.707. The number of nitrogens with two attached hydrogens (primary N) is 1. The molecule has 0 aliphatic carbocycles. The van der Waals surface area contributed by atoms with Gasteiger partial charge in [0.05, 0.1) is 19.3 Å². The molecular formula is C18H37Cl3N4O2. The highest BCUT2D eigenvalue weighted by Gasteiger charge is 2.32. The number of morpholine rings is 1. The van der Waals surface area contributed by atoms with E-state index in [0.29, 0.717) is 6.54 Å². The van der Waals surface area contributed by atoms with Crippen LogP contribution in [0.2, 0.25) is 0 Å². The van der Waals surface area contributed by atoms with Crippen molar-refractivity contribution in [3.8, 4) is 0 Å². The Morgan fingerprint density at radius 1 is 0.926 bits per heavy atom. The molecule has 1 amide bonds. The minimum Gasteiger partial charge on any atom is -0.379 e. The number of nitrogens with zero attached hydrogens (tertiary/aromatic N) is 3. The van der Waals surface area contributed by atoms with Crippen molar-refractivity contribution in [1.82, 2.24) is 14.7 Å². The highest BCUT2D eigenvalue weighted by molar-refractivity contribution is 5.86. The van der Waals surface area contributed by atoms with Gasteiger partial charge < -0.3 is 20.3 Å². The zero-order chi connectivity index (χ0) is 16.9. The number of hydrogen-bond acceptors (Lipinski definition) is 5. The highest BCUT2D eigenvalue weighted by atomic mass is 35.5. The largest absolute Gasteiger partial charge is 0.379 e. The second-order valence-corrected chi connectivity index (χ2v) is 7.82. The molecule has 3 saturated heterocycles. The first-order valence-corrected chi connectivity index (χ1v) is 9.66. The monoisotopic (exact) mass is 446 g/mol. The molecule has 3 rings (SSSR count). The lowest BCUT2D eigenvalue weighted by atomic mass is 9.79. The second kappa shape index (κ2) is 13.4. The average molecular weight is 448 g/mol. The molecule has 9 heteroatoms. The summed E-state index contributed by atoms with van der Waals surface area (Å²) >= 11 is 0. The third kappa shape index (κ3) is 7.84. The van der Waals surface area contributed by atoms with E-state index in [9.17, 15) is 4.79 Å². The van der Waals surface area contributed by atoms with Crippen molar-refractivity contribution in [3.05, 3.63) is 0 Å². The van der Waals surface area contributed by atoms with Gasteiger partial charge >= 0.3 is 0 Å². The van der Waals surface area contributed by atoms with Gasteiger partial charge in [0.15, 0.2) is 0 Å². The molecule has 0 bridgehead atoms. The van der Waals surface area contributed by atoms with Gasteiger partial charge in [0, 0.05) is 32.7 Å². The lowest BCUT2D eigenvalue weighted by Gasteiger charge is -2.40. The van der Waals surface area contributed by atoms with E-state index >= 15 is 0 Å². The molecule has 0 saturated carbocycles. The smallest absolute Gasteiger partial charge is 0.240 e. The Morgan fingerprint density at radius 3 is 1.93 bits per heavy atom. The molecule has 3 fully saturated rings. The van der Waals surface area contributed by atoms with Crippen LogP contribution in [0.1, 0.15) is 25.7 Å². The van der Waals surface area contributed by atoms with Gasteiger partial charge in [-0.25, -0.2) is 0 Å². The molecule has 3 aliphatic heterocycles. The number of ether oxygens (including phenoxy) is 1. The molecular weight excluding hydrogens is 411 g/mol. The molecule has 162 valence electrons. The van der Waals surface area contributed by atoms with E-state index in [4.69, 9.17) is 10.5 Å². The summed E-state index contributed by atoms with van der Waals surface area (Å²) in [6, 6.07) is -0.386. The minimum atomic E-state index is -0.386. The van der Waals surface area contributed by atoms with Crippen LogP contribution in [0.3, 0.4) is 0 Å². The normalized spacial score (nSPS) is 24.3. The van der Waals surface area contributed by atoms with Crippen LogP contribution < -0.4 is 5.73 Å². The Labute approximate surface area is 182 Å². The maximum atomic E-state index is 12.6. The van der Waals surface area contributed by atoms with Crippen LogP contribution in [-0.2, 0) is 9.53 Å². The Bertz CT molecular complexity index is 411. The molecule has 0 radical (unpaired) electrons. The van der Waals surface area contributed by atoms with Crippen LogP contribution in [0, 0.1) is 11.8 Å². The summed E-state index contributed by atoms with van der Waals surface area (Å²) in [5.74, 6) is 1.81. The molecule has 0 spiro atoms. The van der Waals surface area contributed by atoms with Gasteiger partial charge in [-0.3, -0.25) is 9.69 Å². The molecule has 3 heterocycles. The fourth-order valence-corrected chi connectivity index (χ4v) is 4.47. The number of hydrogen-bond donors (Lipinski definition) is 1. The topological polar surface area (TPSA) is 62.0 Å². The van der Waals surface area contributed by atoms with E-state index in [2.05, 4.69) is 16.8 Å². The van der Waals surface area contributed by atoms with Gasteiger partial charge in [0.2, 0.25) is 5.91 Å². The Morgan fingerprint density at radius 2 is 1.41 bits per heavy atom. The van der Waals surface area contributed by atoms with E-state index < -0.39 is 0 Å². The van der Waals surface area contributed by atoms with Gasteiger partial charge in [0.1, 0.15) is 0 Å². The maximum absolute atomic E-state index is 12.6. The van der Waals surface area contributed by atoms with Crippen LogP contribution in [-0.4, -0.2) is 92.7 Å². The zero-order valence-electron chi connectivity index (χ0n) is 16.4. The summed E-state index contributed by atoms with van der Waals surface area (Å²) < 4.78 is 5.35. The zero-order valence-corrected chi connectivity index (χ0v) is 18.8. The summed E-state index contributed by atoms with van der Waals surface area (Å²) in [4.78, 5) is 19.3. The summed E-state index contributed by atoms with van der Waals surface area (Å²) in [7, 11) is 2.22. The maximum Gasteiger partial charge on any atom is 0.240 e. The minimum absolute atomic E-state index is 0. The molecule has 0 unspecified atom stereocenters. The standard InChI is InChI=1S/C18H34N4O2.3ClH/c1-20-6-2-15(3-7-20)16-4-8-22(9-5-16)18(23)17(19)14-21-10-12-24-13-11-21;;;/h15-17H,2-14,19H2,1H3;3*1H/t17-;;;/m1.../s1. The van der Waals surface area contributed by atoms with Gasteiger partial charge in [-0.05, 0) is 57.7 Å². The molecule has 0 aromatic carbocycles. The number of halogens is 3. The summed E-state index contributed by atoms with van der Waals surface area (Å²) in [6.07, 6.45) is 4.96. The van der Waals surface area contributed by atoms with Crippen molar-refractivity contribution in [3.63, 3.8) is 0 Å². The number of amides is 1. The molecule has 0 aromatic rings. The van der Waals surface area contributed by atoms with Gasteiger partial charge in [-0.2, -0.15) is 0 Å². The predicted molar refractivity (Wildman–Crippen MR) is 117 cm³/mol. The molecule has 2 N–H and O–H groups in total. The first-order chi connectivity index (χ1) is 11.6. The van der Waals surface area contributed by atoms with Crippen molar-refractivity contribution in [2.24, 2.45) is 17.6 Å². The van der Waals surface area contributed by atoms with E-state index in [1.54, 1.807) is 0 Å². The Balaban J connectivity index is 0.00000225. The van der Waals surface area contributed by atoms with Gasteiger partial charge in [0.25, 0.3) is 0 Å². The van der Waals surface area contributed by atoms with Crippen LogP contribution >= 0.6 is 37.2 Å². The SMILES string of the molecule is CN1CCC(C2CCN(C(=O)[C@H](N)CN3CCOCC3)CC2)CC1.Cl.Cl.Cl. The van der Waals surface area contributed by atoms with E-state index in [1.807, 2.05) is 4.90 Å². The second-order valence-electron chi connectivity index (χ2n) is 7.82. The van der Waals surface area contributed by atoms with Crippen molar-refractivity contribution in [2.45, 2.75) is 31.7 Å². The highest BCUT2D eigenvalue weighted by Crippen LogP contribution is 2.32. The van der Waals surface area contributed by atoms with Crippen LogP contribution in [0.4, 0.5) is 0 Å². The number of carbonyl (C=O) groups excluding carboxylic acids is 1. The van der Waals surface area contributed by atoms with Crippen molar-refractivity contribution in [1.29, 1.82) is 0 Å². The summed E-state index contributed by atoms with van der Waals surface area (Å²) in [5.41, 5.74) is 6.19. The molecule has 3 aliphatic rings. The number of piperidine rings is 2. The number of carbonyl (C=O) groups is 1. The summed E-state index contributed by atoms with van der Waals surface area (Å²) in [5, 5.41) is 0. The van der Waals surface area contributed by atoms with Gasteiger partial charge in [-0.15, -0.1) is 37.2 Å². The average Bonchev–Trinajstić information content (AvgIpc) is 2.63. The summed E-state index contributed by atoms with van der Waals surface area (Å²) in [6.45, 7) is 8.20. The fraction of sp³-hybridized carbons (Fsp3) is 0.944. The van der Waals surface area contributed by atoms with E-state index in [0.717, 1.165) is 64.1 Å². The number of likely N-dealkylation sites (tertiary alicyclic amines) is 2. The third-order valence-electron chi connectivity index (χ3n) is 6.16. The van der Waals surface area contributed by atoms with Crippen molar-refractivity contribution >= 4 is 43.1 Å². The predicted octanol–water partition coefficient (Wildman–Crippen LogP) is 1.49. The van der Waals surface area contributed by atoms with Crippen molar-refractivity contribution in [2.75, 3.05) is 66.1 Å². The lowest BCUT2D eigenvalue weighted by molar-refractivity contribution is -0.135.